The predicted molar refractivity (Wildman–Crippen MR) is 107 cm³/mol. The molecule has 2 atom stereocenters. The summed E-state index contributed by atoms with van der Waals surface area (Å²) in [6.07, 6.45) is -0.00535. The Kier molecular flexibility index (Phi) is 4.62. The second-order valence-corrected chi connectivity index (χ2v) is 9.52. The van der Waals surface area contributed by atoms with Gasteiger partial charge in [0.15, 0.2) is 6.23 Å². The van der Waals surface area contributed by atoms with Crippen molar-refractivity contribution in [2.75, 3.05) is 0 Å². The number of para-hydroxylation sites is 1. The van der Waals surface area contributed by atoms with Gasteiger partial charge in [-0.3, -0.25) is 15.1 Å². The highest BCUT2D eigenvalue weighted by atomic mass is 35.5. The molecule has 5 nitrogen and oxygen atoms in total. The SMILES string of the molecule is CC1CC(C)(C)NC(C(Cl)(Cl)C(=O)N2Cc3cc4ccccc4nc3C2)O1. The quantitative estimate of drug-likeness (QED) is 0.769. The number of ether oxygens (including phenoxy) is 1. The summed E-state index contributed by atoms with van der Waals surface area (Å²) in [7, 11) is 0. The molecule has 1 saturated heterocycles. The molecule has 1 aromatic heterocycles. The van der Waals surface area contributed by atoms with E-state index in [1.807, 2.05) is 31.2 Å². The Labute approximate surface area is 169 Å². The number of alkyl halides is 2. The maximum atomic E-state index is 13.2. The zero-order valence-corrected chi connectivity index (χ0v) is 17.1. The van der Waals surface area contributed by atoms with Crippen molar-refractivity contribution < 1.29 is 9.53 Å². The minimum atomic E-state index is -1.71. The van der Waals surface area contributed by atoms with Crippen LogP contribution in [0.25, 0.3) is 10.9 Å². The molecular weight excluding hydrogens is 385 g/mol. The molecule has 27 heavy (non-hydrogen) atoms. The Balaban J connectivity index is 1.56. The van der Waals surface area contributed by atoms with Gasteiger partial charge in [0, 0.05) is 17.5 Å². The number of hydrogen-bond acceptors (Lipinski definition) is 4. The fraction of sp³-hybridized carbons (Fsp3) is 0.500. The molecule has 1 aromatic carbocycles. The average Bonchev–Trinajstić information content (AvgIpc) is 2.99. The number of carbonyl (C=O) groups excluding carboxylic acids is 1. The zero-order chi connectivity index (χ0) is 19.4. The maximum Gasteiger partial charge on any atom is 0.263 e. The van der Waals surface area contributed by atoms with Gasteiger partial charge in [0.2, 0.25) is 4.33 Å². The normalized spacial score (nSPS) is 24.9. The molecule has 2 aliphatic rings. The number of amides is 1. The van der Waals surface area contributed by atoms with Gasteiger partial charge in [-0.15, -0.1) is 0 Å². The van der Waals surface area contributed by atoms with Crippen LogP contribution in [0.2, 0.25) is 0 Å². The van der Waals surface area contributed by atoms with E-state index in [1.165, 1.54) is 0 Å². The molecule has 1 N–H and O–H groups in total. The van der Waals surface area contributed by atoms with Crippen LogP contribution in [0.1, 0.15) is 38.4 Å². The third-order valence-corrected chi connectivity index (χ3v) is 5.90. The third kappa shape index (κ3) is 3.54. The number of benzene rings is 1. The Morgan fingerprint density at radius 2 is 2.07 bits per heavy atom. The molecule has 0 spiro atoms. The number of fused-ring (bicyclic) bond motifs is 2. The lowest BCUT2D eigenvalue weighted by Gasteiger charge is -2.44. The van der Waals surface area contributed by atoms with Gasteiger partial charge in [-0.05, 0) is 44.9 Å². The van der Waals surface area contributed by atoms with Gasteiger partial charge in [-0.2, -0.15) is 0 Å². The Morgan fingerprint density at radius 3 is 2.81 bits per heavy atom. The van der Waals surface area contributed by atoms with Gasteiger partial charge in [-0.25, -0.2) is 0 Å². The van der Waals surface area contributed by atoms with Gasteiger partial charge in [0.05, 0.1) is 23.9 Å². The van der Waals surface area contributed by atoms with Crippen LogP contribution in [-0.4, -0.2) is 38.0 Å². The van der Waals surface area contributed by atoms with Crippen molar-refractivity contribution in [2.45, 2.75) is 62.5 Å². The molecule has 1 fully saturated rings. The first-order chi connectivity index (χ1) is 12.7. The van der Waals surface area contributed by atoms with Crippen molar-refractivity contribution in [1.82, 2.24) is 15.2 Å². The molecule has 0 aliphatic carbocycles. The predicted octanol–water partition coefficient (Wildman–Crippen LogP) is 3.75. The first-order valence-electron chi connectivity index (χ1n) is 9.14. The third-order valence-electron chi connectivity index (χ3n) is 5.18. The van der Waals surface area contributed by atoms with E-state index in [9.17, 15) is 4.79 Å². The van der Waals surface area contributed by atoms with Crippen LogP contribution >= 0.6 is 23.2 Å². The Morgan fingerprint density at radius 1 is 1.33 bits per heavy atom. The van der Waals surface area contributed by atoms with Gasteiger partial charge in [0.25, 0.3) is 5.91 Å². The topological polar surface area (TPSA) is 54.5 Å². The summed E-state index contributed by atoms with van der Waals surface area (Å²) in [6, 6.07) is 10.00. The van der Waals surface area contributed by atoms with Gasteiger partial charge in [0.1, 0.15) is 0 Å². The van der Waals surface area contributed by atoms with Crippen LogP contribution in [0.5, 0.6) is 0 Å². The summed E-state index contributed by atoms with van der Waals surface area (Å²) in [5.74, 6) is -0.365. The van der Waals surface area contributed by atoms with Crippen molar-refractivity contribution in [1.29, 1.82) is 0 Å². The monoisotopic (exact) mass is 407 g/mol. The molecule has 2 aliphatic heterocycles. The minimum absolute atomic E-state index is 0.0429. The molecule has 2 aromatic rings. The standard InChI is InChI=1S/C20H23Cl2N3O2/c1-12-9-19(2,3)24-17(27-12)20(21,22)18(26)25-10-14-8-13-6-4-5-7-15(13)23-16(14)11-25/h4-8,12,17,24H,9-11H2,1-3H3. The number of halogens is 2. The fourth-order valence-corrected chi connectivity index (χ4v) is 4.46. The van der Waals surface area contributed by atoms with Crippen molar-refractivity contribution in [3.05, 3.63) is 41.6 Å². The molecule has 4 rings (SSSR count). The number of carbonyl (C=O) groups is 1. The summed E-state index contributed by atoms with van der Waals surface area (Å²) in [5, 5.41) is 4.32. The number of rotatable bonds is 2. The highest BCUT2D eigenvalue weighted by molar-refractivity contribution is 6.58. The smallest absolute Gasteiger partial charge is 0.263 e. The number of nitrogens with one attached hydrogen (secondary N) is 1. The van der Waals surface area contributed by atoms with Gasteiger partial charge in [-0.1, -0.05) is 41.4 Å². The lowest BCUT2D eigenvalue weighted by atomic mass is 9.94. The van der Waals surface area contributed by atoms with E-state index >= 15 is 0 Å². The number of nitrogens with zero attached hydrogens (tertiary/aromatic N) is 2. The van der Waals surface area contributed by atoms with Gasteiger partial charge < -0.3 is 9.64 Å². The average molecular weight is 408 g/mol. The minimum Gasteiger partial charge on any atom is -0.357 e. The summed E-state index contributed by atoms with van der Waals surface area (Å²) in [6.45, 7) is 6.90. The summed E-state index contributed by atoms with van der Waals surface area (Å²) in [5.41, 5.74) is 2.61. The van der Waals surface area contributed by atoms with Crippen molar-refractivity contribution in [2.24, 2.45) is 0 Å². The molecule has 144 valence electrons. The summed E-state index contributed by atoms with van der Waals surface area (Å²) >= 11 is 13.1. The molecule has 3 heterocycles. The van der Waals surface area contributed by atoms with E-state index in [2.05, 4.69) is 25.2 Å². The van der Waals surface area contributed by atoms with E-state index in [0.29, 0.717) is 13.1 Å². The van der Waals surface area contributed by atoms with E-state index in [-0.39, 0.29) is 17.6 Å². The molecule has 1 amide bonds. The lowest BCUT2D eigenvalue weighted by Crippen LogP contribution is -2.63. The first-order valence-corrected chi connectivity index (χ1v) is 9.89. The zero-order valence-electron chi connectivity index (χ0n) is 15.6. The van der Waals surface area contributed by atoms with Crippen LogP contribution in [0.4, 0.5) is 0 Å². The molecule has 0 bridgehead atoms. The Bertz CT molecular complexity index is 855. The number of aromatic nitrogens is 1. The molecule has 0 radical (unpaired) electrons. The van der Waals surface area contributed by atoms with E-state index in [1.54, 1.807) is 4.90 Å². The van der Waals surface area contributed by atoms with Crippen molar-refractivity contribution in [3.8, 4) is 0 Å². The van der Waals surface area contributed by atoms with Crippen molar-refractivity contribution >= 4 is 40.0 Å². The second kappa shape index (κ2) is 6.59. The molecule has 2 unspecified atom stereocenters. The first kappa shape index (κ1) is 18.9. The number of pyridine rings is 1. The highest BCUT2D eigenvalue weighted by Gasteiger charge is 2.51. The molecular formula is C20H23Cl2N3O2. The fourth-order valence-electron chi connectivity index (χ4n) is 4.01. The van der Waals surface area contributed by atoms with E-state index < -0.39 is 10.6 Å². The van der Waals surface area contributed by atoms with Crippen LogP contribution in [0, 0.1) is 0 Å². The van der Waals surface area contributed by atoms with E-state index in [0.717, 1.165) is 28.6 Å². The largest absolute Gasteiger partial charge is 0.357 e. The van der Waals surface area contributed by atoms with Crippen molar-refractivity contribution in [3.63, 3.8) is 0 Å². The number of hydrogen-bond donors (Lipinski definition) is 1. The summed E-state index contributed by atoms with van der Waals surface area (Å²) in [4.78, 5) is 19.5. The van der Waals surface area contributed by atoms with Gasteiger partial charge >= 0.3 is 0 Å². The van der Waals surface area contributed by atoms with Crippen LogP contribution in [0.3, 0.4) is 0 Å². The second-order valence-electron chi connectivity index (χ2n) is 8.13. The molecule has 0 saturated carbocycles. The lowest BCUT2D eigenvalue weighted by molar-refractivity contribution is -0.144. The van der Waals surface area contributed by atoms with Crippen LogP contribution < -0.4 is 5.32 Å². The Hall–Kier alpha value is -1.40. The van der Waals surface area contributed by atoms with Crippen LogP contribution in [0.15, 0.2) is 30.3 Å². The van der Waals surface area contributed by atoms with Crippen LogP contribution in [-0.2, 0) is 22.6 Å². The summed E-state index contributed by atoms with van der Waals surface area (Å²) < 4.78 is 4.15. The van der Waals surface area contributed by atoms with E-state index in [4.69, 9.17) is 32.9 Å². The maximum absolute atomic E-state index is 13.2. The highest BCUT2D eigenvalue weighted by Crippen LogP contribution is 2.37. The molecule has 7 heteroatoms.